The van der Waals surface area contributed by atoms with E-state index in [9.17, 15) is 4.79 Å². The number of aromatic nitrogens is 2. The van der Waals surface area contributed by atoms with Gasteiger partial charge in [0.15, 0.2) is 0 Å². The second-order valence-electron chi connectivity index (χ2n) is 9.24. The van der Waals surface area contributed by atoms with Gasteiger partial charge in [-0.2, -0.15) is 4.98 Å². The van der Waals surface area contributed by atoms with Gasteiger partial charge in [-0.3, -0.25) is 9.36 Å². The summed E-state index contributed by atoms with van der Waals surface area (Å²) in [6.07, 6.45) is 2.09. The number of esters is 1. The predicted octanol–water partition coefficient (Wildman–Crippen LogP) is 5.57. The van der Waals surface area contributed by atoms with Gasteiger partial charge in [0.05, 0.1) is 50.6 Å². The maximum atomic E-state index is 11.7. The third kappa shape index (κ3) is 4.86. The van der Waals surface area contributed by atoms with Crippen molar-refractivity contribution in [2.45, 2.75) is 39.0 Å². The smallest absolute Gasteiger partial charge is 0.306 e. The van der Waals surface area contributed by atoms with E-state index in [1.54, 1.807) is 7.11 Å². The summed E-state index contributed by atoms with van der Waals surface area (Å²) in [6, 6.07) is 19.1. The van der Waals surface area contributed by atoms with Crippen molar-refractivity contribution in [3.8, 4) is 23.2 Å². The van der Waals surface area contributed by atoms with Crippen LogP contribution in [0, 0.1) is 6.92 Å². The Bertz CT molecular complexity index is 1440. The number of aryl methyl sites for hydroxylation is 2. The highest BCUT2D eigenvalue weighted by Crippen LogP contribution is 2.37. The van der Waals surface area contributed by atoms with Crippen LogP contribution in [-0.4, -0.2) is 43.0 Å². The second-order valence-corrected chi connectivity index (χ2v) is 9.24. The van der Waals surface area contributed by atoms with Crippen molar-refractivity contribution in [2.24, 2.45) is 0 Å². The van der Waals surface area contributed by atoms with Crippen LogP contribution in [-0.2, 0) is 22.4 Å². The number of fused-ring (bicyclic) bond motifs is 2. The Kier molecular flexibility index (Phi) is 7.04. The zero-order chi connectivity index (χ0) is 25.9. The van der Waals surface area contributed by atoms with Crippen molar-refractivity contribution in [3.63, 3.8) is 0 Å². The minimum atomic E-state index is -0.211. The van der Waals surface area contributed by atoms with E-state index in [1.807, 2.05) is 25.1 Å². The average molecular weight is 501 g/mol. The van der Waals surface area contributed by atoms with Crippen LogP contribution in [0.2, 0.25) is 0 Å². The molecule has 0 saturated heterocycles. The first-order valence-electron chi connectivity index (χ1n) is 12.6. The Morgan fingerprint density at radius 1 is 1.11 bits per heavy atom. The Morgan fingerprint density at radius 2 is 1.97 bits per heavy atom. The molecule has 1 aromatic heterocycles. The Balaban J connectivity index is 1.41. The summed E-state index contributed by atoms with van der Waals surface area (Å²) in [4.78, 5) is 16.4. The number of nitrogens with zero attached hydrogens (tertiary/aromatic N) is 2. The molecule has 0 spiro atoms. The fraction of sp³-hybridized carbons (Fsp3) is 0.333. The number of carbonyl (C=O) groups excluding carboxylic acids is 1. The van der Waals surface area contributed by atoms with Crippen LogP contribution < -0.4 is 14.2 Å². The lowest BCUT2D eigenvalue weighted by molar-refractivity contribution is -0.141. The largest absolute Gasteiger partial charge is 0.497 e. The molecule has 192 valence electrons. The lowest BCUT2D eigenvalue weighted by Gasteiger charge is -2.15. The van der Waals surface area contributed by atoms with Crippen LogP contribution in [0.15, 0.2) is 54.6 Å². The number of hydrogen-bond donors (Lipinski definition) is 0. The highest BCUT2D eigenvalue weighted by atomic mass is 16.5. The van der Waals surface area contributed by atoms with Gasteiger partial charge in [-0.25, -0.2) is 0 Å². The molecule has 0 aliphatic carbocycles. The van der Waals surface area contributed by atoms with E-state index in [-0.39, 0.29) is 11.9 Å². The number of carbonyl (C=O) groups is 1. The molecule has 0 radical (unpaired) electrons. The highest BCUT2D eigenvalue weighted by molar-refractivity contribution is 5.81. The Hall–Kier alpha value is -4.00. The van der Waals surface area contributed by atoms with Crippen LogP contribution in [0.25, 0.3) is 16.7 Å². The molecule has 0 fully saturated rings. The molecule has 1 aliphatic rings. The topological polar surface area (TPSA) is 71.8 Å². The predicted molar refractivity (Wildman–Crippen MR) is 142 cm³/mol. The van der Waals surface area contributed by atoms with Crippen molar-refractivity contribution in [1.29, 1.82) is 0 Å². The van der Waals surface area contributed by atoms with Gasteiger partial charge in [-0.15, -0.1) is 0 Å². The molecule has 7 nitrogen and oxygen atoms in total. The molecule has 1 aliphatic heterocycles. The first-order chi connectivity index (χ1) is 18.0. The number of imidazole rings is 1. The highest BCUT2D eigenvalue weighted by Gasteiger charge is 2.27. The van der Waals surface area contributed by atoms with Gasteiger partial charge < -0.3 is 18.9 Å². The maximum absolute atomic E-state index is 11.7. The molecule has 0 bridgehead atoms. The van der Waals surface area contributed by atoms with E-state index in [0.717, 1.165) is 46.6 Å². The molecule has 0 N–H and O–H groups in total. The Labute approximate surface area is 216 Å². The van der Waals surface area contributed by atoms with E-state index in [0.29, 0.717) is 25.6 Å². The van der Waals surface area contributed by atoms with E-state index in [2.05, 4.69) is 47.9 Å². The lowest BCUT2D eigenvalue weighted by Crippen LogP contribution is -2.09. The SMILES string of the molecule is CCOc1nc2ccc(OC)cc2n1-c1cccc(CCc2ccc3c(c2)OC[C@H]3CC(=O)OC)c1C. The summed E-state index contributed by atoms with van der Waals surface area (Å²) in [5.41, 5.74) is 7.57. The number of methoxy groups -OCH3 is 2. The molecule has 0 amide bonds. The van der Waals surface area contributed by atoms with Crippen LogP contribution in [0.1, 0.15) is 41.5 Å². The average Bonchev–Trinajstić information content (AvgIpc) is 3.48. The fourth-order valence-corrected chi connectivity index (χ4v) is 5.01. The van der Waals surface area contributed by atoms with Gasteiger partial charge >= 0.3 is 12.0 Å². The molecule has 5 rings (SSSR count). The molecule has 1 atom stereocenters. The third-order valence-electron chi connectivity index (χ3n) is 7.04. The number of hydrogen-bond acceptors (Lipinski definition) is 6. The van der Waals surface area contributed by atoms with Gasteiger partial charge in [0.2, 0.25) is 0 Å². The summed E-state index contributed by atoms with van der Waals surface area (Å²) in [7, 11) is 3.09. The molecule has 2 heterocycles. The van der Waals surface area contributed by atoms with Gasteiger partial charge in [-0.05, 0) is 67.6 Å². The van der Waals surface area contributed by atoms with Gasteiger partial charge in [-0.1, -0.05) is 24.3 Å². The minimum absolute atomic E-state index is 0.0542. The van der Waals surface area contributed by atoms with Gasteiger partial charge in [0.1, 0.15) is 11.5 Å². The molecule has 4 aromatic rings. The summed E-state index contributed by atoms with van der Waals surface area (Å²) in [5, 5.41) is 0. The van der Waals surface area contributed by atoms with E-state index < -0.39 is 0 Å². The quantitative estimate of drug-likeness (QED) is 0.280. The van der Waals surface area contributed by atoms with Crippen molar-refractivity contribution in [1.82, 2.24) is 9.55 Å². The fourth-order valence-electron chi connectivity index (χ4n) is 5.01. The van der Waals surface area contributed by atoms with Crippen molar-refractivity contribution >= 4 is 17.0 Å². The molecule has 37 heavy (non-hydrogen) atoms. The third-order valence-corrected chi connectivity index (χ3v) is 7.04. The zero-order valence-corrected chi connectivity index (χ0v) is 21.7. The summed E-state index contributed by atoms with van der Waals surface area (Å²) in [6.45, 7) is 5.15. The summed E-state index contributed by atoms with van der Waals surface area (Å²) < 4.78 is 24.2. The molecular weight excluding hydrogens is 468 g/mol. The molecule has 7 heteroatoms. The Morgan fingerprint density at radius 3 is 2.76 bits per heavy atom. The van der Waals surface area contributed by atoms with E-state index in [1.165, 1.54) is 23.8 Å². The van der Waals surface area contributed by atoms with E-state index >= 15 is 0 Å². The van der Waals surface area contributed by atoms with Crippen LogP contribution in [0.3, 0.4) is 0 Å². The number of benzene rings is 3. The van der Waals surface area contributed by atoms with Crippen LogP contribution in [0.5, 0.6) is 17.5 Å². The van der Waals surface area contributed by atoms with Gasteiger partial charge in [0.25, 0.3) is 0 Å². The van der Waals surface area contributed by atoms with Crippen molar-refractivity contribution < 1.29 is 23.7 Å². The normalized spacial score (nSPS) is 14.3. The zero-order valence-electron chi connectivity index (χ0n) is 21.7. The summed E-state index contributed by atoms with van der Waals surface area (Å²) >= 11 is 0. The van der Waals surface area contributed by atoms with E-state index in [4.69, 9.17) is 23.9 Å². The lowest BCUT2D eigenvalue weighted by atomic mass is 9.94. The monoisotopic (exact) mass is 500 g/mol. The molecule has 0 saturated carbocycles. The van der Waals surface area contributed by atoms with Crippen LogP contribution in [0.4, 0.5) is 0 Å². The first kappa shape index (κ1) is 24.7. The number of ether oxygens (including phenoxy) is 4. The molecule has 0 unspecified atom stereocenters. The summed E-state index contributed by atoms with van der Waals surface area (Å²) in [5.74, 6) is 1.49. The van der Waals surface area contributed by atoms with Crippen LogP contribution >= 0.6 is 0 Å². The molecule has 3 aromatic carbocycles. The maximum Gasteiger partial charge on any atom is 0.306 e. The minimum Gasteiger partial charge on any atom is -0.497 e. The van der Waals surface area contributed by atoms with Gasteiger partial charge in [0, 0.05) is 17.5 Å². The molecular formula is C30H32N2O5. The standard InChI is InChI=1S/C30H32N2O5/c1-5-36-30-31-25-14-12-23(34-3)17-27(25)32(30)26-8-6-7-21(19(26)2)11-9-20-10-13-24-22(16-29(33)35-4)18-37-28(24)15-20/h6-8,10,12-15,17,22H,5,9,11,16,18H2,1-4H3/t22-/m1/s1. The van der Waals surface area contributed by atoms with Crippen molar-refractivity contribution in [3.05, 3.63) is 76.9 Å². The number of rotatable bonds is 9. The van der Waals surface area contributed by atoms with Crippen molar-refractivity contribution in [2.75, 3.05) is 27.4 Å². The first-order valence-corrected chi connectivity index (χ1v) is 12.6. The second kappa shape index (κ2) is 10.5.